The van der Waals surface area contributed by atoms with Gasteiger partial charge in [-0.05, 0) is 6.42 Å². The molecule has 0 aromatic carbocycles. The largest absolute Gasteiger partial charge is 0.748 e. The first-order valence-corrected chi connectivity index (χ1v) is 6.09. The Balaban J connectivity index is 0. The zero-order valence-electron chi connectivity index (χ0n) is 9.20. The molecule has 0 fully saturated rings. The fourth-order valence-corrected chi connectivity index (χ4v) is 0.632. The summed E-state index contributed by atoms with van der Waals surface area (Å²) < 4.78 is 28.3. The van der Waals surface area contributed by atoms with Crippen molar-refractivity contribution < 1.29 is 17.5 Å². The lowest BCUT2D eigenvalue weighted by molar-refractivity contribution is -0.870. The molecule has 0 aliphatic rings. The average molecular weight is 211 g/mol. The first-order chi connectivity index (χ1) is 5.56. The van der Waals surface area contributed by atoms with Crippen molar-refractivity contribution in [3.05, 3.63) is 0 Å². The van der Waals surface area contributed by atoms with Crippen LogP contribution in [0.4, 0.5) is 0 Å². The standard InChI is InChI=1S/C7H18N.CH4O3S/c1-5-6-7-8(2,3)4;1-5(2,3)4/h5-7H2,1-4H3;1H3,(H,2,3,4)/q+1;/p-1. The SMILES string of the molecule is CCCC[N+](C)(C)C.CS(=O)(=O)[O-]. The van der Waals surface area contributed by atoms with Crippen molar-refractivity contribution in [1.82, 2.24) is 0 Å². The van der Waals surface area contributed by atoms with Crippen LogP contribution in [0, 0.1) is 0 Å². The highest BCUT2D eigenvalue weighted by molar-refractivity contribution is 7.84. The van der Waals surface area contributed by atoms with Crippen LogP contribution in [0.25, 0.3) is 0 Å². The van der Waals surface area contributed by atoms with Gasteiger partial charge in [0.15, 0.2) is 0 Å². The highest BCUT2D eigenvalue weighted by Gasteiger charge is 2.02. The van der Waals surface area contributed by atoms with Crippen LogP contribution in [0.1, 0.15) is 19.8 Å². The Hall–Kier alpha value is -0.130. The number of hydrogen-bond donors (Lipinski definition) is 0. The molecule has 0 aliphatic carbocycles. The lowest BCUT2D eigenvalue weighted by Gasteiger charge is -2.23. The Morgan fingerprint density at radius 1 is 1.23 bits per heavy atom. The molecule has 4 nitrogen and oxygen atoms in total. The second kappa shape index (κ2) is 6.34. The van der Waals surface area contributed by atoms with Crippen molar-refractivity contribution in [3.8, 4) is 0 Å². The molecule has 0 saturated carbocycles. The van der Waals surface area contributed by atoms with Gasteiger partial charge in [0, 0.05) is 6.26 Å². The third-order valence-electron chi connectivity index (χ3n) is 1.18. The summed E-state index contributed by atoms with van der Waals surface area (Å²) in [7, 11) is 2.78. The number of hydrogen-bond acceptors (Lipinski definition) is 3. The second-order valence-electron chi connectivity index (χ2n) is 4.07. The number of rotatable bonds is 3. The molecule has 0 rings (SSSR count). The van der Waals surface area contributed by atoms with Gasteiger partial charge in [-0.1, -0.05) is 13.3 Å². The second-order valence-corrected chi connectivity index (χ2v) is 5.48. The van der Waals surface area contributed by atoms with E-state index in [9.17, 15) is 0 Å². The van der Waals surface area contributed by atoms with Gasteiger partial charge >= 0.3 is 0 Å². The van der Waals surface area contributed by atoms with Crippen LogP contribution < -0.4 is 0 Å². The van der Waals surface area contributed by atoms with Crippen LogP contribution in [-0.4, -0.2) is 51.4 Å². The number of quaternary nitrogens is 1. The molecule has 0 aliphatic heterocycles. The Morgan fingerprint density at radius 2 is 1.54 bits per heavy atom. The third kappa shape index (κ3) is 48.8. The summed E-state index contributed by atoms with van der Waals surface area (Å²) in [5.74, 6) is 0. The van der Waals surface area contributed by atoms with E-state index in [0.29, 0.717) is 6.26 Å². The molecule has 0 aromatic heterocycles. The summed E-state index contributed by atoms with van der Waals surface area (Å²) in [5.41, 5.74) is 0. The minimum absolute atomic E-state index is 0.604. The van der Waals surface area contributed by atoms with E-state index in [-0.39, 0.29) is 0 Å². The molecule has 0 amide bonds. The predicted molar refractivity (Wildman–Crippen MR) is 53.4 cm³/mol. The Kier molecular flexibility index (Phi) is 7.49. The molecule has 0 unspecified atom stereocenters. The maximum atomic E-state index is 9.08. The summed E-state index contributed by atoms with van der Waals surface area (Å²) in [5, 5.41) is 0. The highest BCUT2D eigenvalue weighted by Crippen LogP contribution is 1.95. The molecule has 13 heavy (non-hydrogen) atoms. The molecule has 0 aromatic rings. The van der Waals surface area contributed by atoms with Gasteiger partial charge in [-0.15, -0.1) is 0 Å². The summed E-state index contributed by atoms with van der Waals surface area (Å²) in [6.07, 6.45) is 3.27. The molecule has 0 heterocycles. The number of nitrogens with zero attached hydrogens (tertiary/aromatic N) is 1. The van der Waals surface area contributed by atoms with E-state index in [2.05, 4.69) is 28.1 Å². The van der Waals surface area contributed by atoms with Gasteiger partial charge in [0.1, 0.15) is 0 Å². The van der Waals surface area contributed by atoms with Gasteiger partial charge < -0.3 is 9.04 Å². The van der Waals surface area contributed by atoms with Crippen LogP contribution in [0.15, 0.2) is 0 Å². The van der Waals surface area contributed by atoms with E-state index < -0.39 is 10.1 Å². The molecule has 0 atom stereocenters. The maximum absolute atomic E-state index is 9.08. The van der Waals surface area contributed by atoms with E-state index in [1.165, 1.54) is 19.4 Å². The predicted octanol–water partition coefficient (Wildman–Crippen LogP) is 0.654. The highest BCUT2D eigenvalue weighted by atomic mass is 32.2. The molecule has 0 N–H and O–H groups in total. The average Bonchev–Trinajstić information content (AvgIpc) is 1.77. The molecule has 0 saturated heterocycles. The van der Waals surface area contributed by atoms with Gasteiger partial charge in [-0.2, -0.15) is 0 Å². The molecule has 5 heteroatoms. The van der Waals surface area contributed by atoms with Crippen molar-refractivity contribution in [3.63, 3.8) is 0 Å². The molecule has 0 spiro atoms. The van der Waals surface area contributed by atoms with Gasteiger partial charge in [0.05, 0.1) is 37.8 Å². The zero-order valence-corrected chi connectivity index (χ0v) is 10.0. The van der Waals surface area contributed by atoms with Crippen LogP contribution >= 0.6 is 0 Å². The van der Waals surface area contributed by atoms with Crippen LogP contribution in [-0.2, 0) is 10.1 Å². The van der Waals surface area contributed by atoms with Crippen molar-refractivity contribution in [2.45, 2.75) is 19.8 Å². The monoisotopic (exact) mass is 211 g/mol. The van der Waals surface area contributed by atoms with Crippen LogP contribution in [0.5, 0.6) is 0 Å². The molecule has 82 valence electrons. The summed E-state index contributed by atoms with van der Waals surface area (Å²) in [6, 6.07) is 0. The summed E-state index contributed by atoms with van der Waals surface area (Å²) in [6.45, 7) is 3.53. The Labute approximate surface area is 81.9 Å². The van der Waals surface area contributed by atoms with Crippen molar-refractivity contribution >= 4 is 10.1 Å². The smallest absolute Gasteiger partial charge is 0.0916 e. The third-order valence-corrected chi connectivity index (χ3v) is 1.18. The van der Waals surface area contributed by atoms with Crippen molar-refractivity contribution in [2.75, 3.05) is 33.9 Å². The fraction of sp³-hybridized carbons (Fsp3) is 1.00. The van der Waals surface area contributed by atoms with Crippen LogP contribution in [0.3, 0.4) is 0 Å². The molecular weight excluding hydrogens is 190 g/mol. The van der Waals surface area contributed by atoms with Gasteiger partial charge in [-0.25, -0.2) is 8.42 Å². The van der Waals surface area contributed by atoms with Gasteiger partial charge in [-0.3, -0.25) is 0 Å². The van der Waals surface area contributed by atoms with Crippen LogP contribution in [0.2, 0.25) is 0 Å². The Morgan fingerprint density at radius 3 is 1.62 bits per heavy atom. The topological polar surface area (TPSA) is 57.2 Å². The quantitative estimate of drug-likeness (QED) is 0.509. The van der Waals surface area contributed by atoms with E-state index in [0.717, 1.165) is 4.48 Å². The minimum Gasteiger partial charge on any atom is -0.748 e. The lowest BCUT2D eigenvalue weighted by Crippen LogP contribution is -2.35. The van der Waals surface area contributed by atoms with E-state index in [4.69, 9.17) is 13.0 Å². The van der Waals surface area contributed by atoms with Crippen molar-refractivity contribution in [1.29, 1.82) is 0 Å². The molecule has 0 radical (unpaired) electrons. The maximum Gasteiger partial charge on any atom is 0.0916 e. The van der Waals surface area contributed by atoms with E-state index in [1.807, 2.05) is 0 Å². The number of unbranched alkanes of at least 4 members (excludes halogenated alkanes) is 1. The van der Waals surface area contributed by atoms with E-state index >= 15 is 0 Å². The molecule has 0 bridgehead atoms. The normalized spacial score (nSPS) is 11.8. The Bertz CT molecular complexity index is 196. The fourth-order valence-electron chi connectivity index (χ4n) is 0.632. The summed E-state index contributed by atoms with van der Waals surface area (Å²) in [4.78, 5) is 0. The van der Waals surface area contributed by atoms with E-state index in [1.54, 1.807) is 0 Å². The minimum atomic E-state index is -3.92. The lowest BCUT2D eigenvalue weighted by atomic mass is 10.3. The summed E-state index contributed by atoms with van der Waals surface area (Å²) >= 11 is 0. The first-order valence-electron chi connectivity index (χ1n) is 4.27. The van der Waals surface area contributed by atoms with Crippen molar-refractivity contribution in [2.24, 2.45) is 0 Å². The first kappa shape index (κ1) is 15.3. The van der Waals surface area contributed by atoms with Gasteiger partial charge in [0.2, 0.25) is 0 Å². The molecular formula is C8H21NO3S. The van der Waals surface area contributed by atoms with Gasteiger partial charge in [0.25, 0.3) is 0 Å². The zero-order chi connectivity index (χ0) is 11.1.